The molecule has 108 valence electrons. The van der Waals surface area contributed by atoms with E-state index in [1.165, 1.54) is 16.8 Å². The molecule has 1 aromatic carbocycles. The van der Waals surface area contributed by atoms with E-state index in [4.69, 9.17) is 0 Å². The number of nitrogens with zero attached hydrogens (tertiary/aromatic N) is 2. The zero-order valence-electron chi connectivity index (χ0n) is 12.8. The first kappa shape index (κ1) is 13.8. The lowest BCUT2D eigenvalue weighted by molar-refractivity contribution is 0.562. The number of hydrogen-bond acceptors (Lipinski definition) is 2. The number of benzene rings is 1. The summed E-state index contributed by atoms with van der Waals surface area (Å²) >= 11 is 0. The van der Waals surface area contributed by atoms with Gasteiger partial charge in [-0.25, -0.2) is 4.98 Å². The number of aromatic nitrogens is 2. The van der Waals surface area contributed by atoms with Crippen molar-refractivity contribution in [1.82, 2.24) is 14.7 Å². The van der Waals surface area contributed by atoms with Crippen molar-refractivity contribution < 1.29 is 0 Å². The molecule has 3 rings (SSSR count). The fraction of sp³-hybridized carbons (Fsp3) is 0.278. The highest BCUT2D eigenvalue weighted by Crippen LogP contribution is 2.18. The minimum absolute atomic E-state index is 0.319. The van der Waals surface area contributed by atoms with Crippen LogP contribution in [0.2, 0.25) is 0 Å². The number of nitrogens with one attached hydrogen (secondary N) is 1. The Morgan fingerprint density at radius 1 is 1.10 bits per heavy atom. The van der Waals surface area contributed by atoms with Crippen LogP contribution in [0.15, 0.2) is 48.7 Å². The van der Waals surface area contributed by atoms with Crippen LogP contribution in [0.25, 0.3) is 5.65 Å². The minimum Gasteiger partial charge on any atom is -0.305 e. The monoisotopic (exact) mass is 279 g/mol. The van der Waals surface area contributed by atoms with Gasteiger partial charge < -0.3 is 9.72 Å². The minimum atomic E-state index is 0.319. The SMILES string of the molecule is Cc1ccccc1C(C)NCc1c(C)nc2ccccn12. The summed E-state index contributed by atoms with van der Waals surface area (Å²) in [6.45, 7) is 7.25. The third kappa shape index (κ3) is 2.69. The van der Waals surface area contributed by atoms with Crippen LogP contribution < -0.4 is 5.32 Å². The maximum atomic E-state index is 4.60. The van der Waals surface area contributed by atoms with E-state index in [2.05, 4.69) is 65.9 Å². The van der Waals surface area contributed by atoms with E-state index in [1.807, 2.05) is 18.2 Å². The molecule has 0 aliphatic carbocycles. The van der Waals surface area contributed by atoms with E-state index >= 15 is 0 Å². The van der Waals surface area contributed by atoms with Crippen LogP contribution in [-0.4, -0.2) is 9.38 Å². The second kappa shape index (κ2) is 5.70. The summed E-state index contributed by atoms with van der Waals surface area (Å²) in [5, 5.41) is 3.61. The van der Waals surface area contributed by atoms with Gasteiger partial charge >= 0.3 is 0 Å². The van der Waals surface area contributed by atoms with Gasteiger partial charge in [0, 0.05) is 18.8 Å². The first-order chi connectivity index (χ1) is 10.2. The largest absolute Gasteiger partial charge is 0.305 e. The van der Waals surface area contributed by atoms with E-state index in [1.54, 1.807) is 0 Å². The first-order valence-electron chi connectivity index (χ1n) is 7.38. The molecule has 3 aromatic rings. The molecule has 0 bridgehead atoms. The Bertz CT molecular complexity index is 758. The van der Waals surface area contributed by atoms with Crippen molar-refractivity contribution in [3.8, 4) is 0 Å². The molecule has 0 aliphatic rings. The molecule has 1 atom stereocenters. The van der Waals surface area contributed by atoms with Gasteiger partial charge in [0.2, 0.25) is 0 Å². The Hall–Kier alpha value is -2.13. The summed E-state index contributed by atoms with van der Waals surface area (Å²) in [7, 11) is 0. The molecule has 0 saturated heterocycles. The molecule has 21 heavy (non-hydrogen) atoms. The number of pyridine rings is 1. The molecule has 2 aromatic heterocycles. The van der Waals surface area contributed by atoms with Gasteiger partial charge in [0.15, 0.2) is 0 Å². The van der Waals surface area contributed by atoms with Crippen molar-refractivity contribution >= 4 is 5.65 Å². The molecule has 0 radical (unpaired) electrons. The molecule has 0 amide bonds. The van der Waals surface area contributed by atoms with Gasteiger partial charge in [-0.05, 0) is 44.0 Å². The van der Waals surface area contributed by atoms with Crippen LogP contribution in [0.4, 0.5) is 0 Å². The highest BCUT2D eigenvalue weighted by molar-refractivity contribution is 5.42. The van der Waals surface area contributed by atoms with Crippen molar-refractivity contribution in [2.24, 2.45) is 0 Å². The van der Waals surface area contributed by atoms with Crippen molar-refractivity contribution in [2.45, 2.75) is 33.4 Å². The lowest BCUT2D eigenvalue weighted by Crippen LogP contribution is -2.20. The third-order valence-corrected chi connectivity index (χ3v) is 4.06. The van der Waals surface area contributed by atoms with Crippen LogP contribution in [0.3, 0.4) is 0 Å². The zero-order valence-corrected chi connectivity index (χ0v) is 12.8. The Morgan fingerprint density at radius 3 is 2.67 bits per heavy atom. The van der Waals surface area contributed by atoms with Crippen molar-refractivity contribution in [1.29, 1.82) is 0 Å². The number of imidazole rings is 1. The smallest absolute Gasteiger partial charge is 0.137 e. The van der Waals surface area contributed by atoms with Gasteiger partial charge in [-0.15, -0.1) is 0 Å². The Kier molecular flexibility index (Phi) is 3.76. The molecule has 0 fully saturated rings. The quantitative estimate of drug-likeness (QED) is 0.787. The zero-order chi connectivity index (χ0) is 14.8. The summed E-state index contributed by atoms with van der Waals surface area (Å²) in [6.07, 6.45) is 2.07. The van der Waals surface area contributed by atoms with Crippen LogP contribution in [0, 0.1) is 13.8 Å². The van der Waals surface area contributed by atoms with Crippen molar-refractivity contribution in [2.75, 3.05) is 0 Å². The molecular weight excluding hydrogens is 258 g/mol. The van der Waals surface area contributed by atoms with Crippen LogP contribution in [0.5, 0.6) is 0 Å². The first-order valence-corrected chi connectivity index (χ1v) is 7.38. The standard InChI is InChI=1S/C18H21N3/c1-13-8-4-5-9-16(13)14(2)19-12-17-15(3)20-18-10-6-7-11-21(17)18/h4-11,14,19H,12H2,1-3H3. The Morgan fingerprint density at radius 2 is 1.86 bits per heavy atom. The summed E-state index contributed by atoms with van der Waals surface area (Å²) in [6, 6.07) is 15.0. The fourth-order valence-corrected chi connectivity index (χ4v) is 2.81. The highest BCUT2D eigenvalue weighted by atomic mass is 15.0. The molecule has 0 aliphatic heterocycles. The normalized spacial score (nSPS) is 12.7. The summed E-state index contributed by atoms with van der Waals surface area (Å²) in [5.74, 6) is 0. The molecule has 0 saturated carbocycles. The van der Waals surface area contributed by atoms with E-state index in [9.17, 15) is 0 Å². The number of aryl methyl sites for hydroxylation is 2. The van der Waals surface area contributed by atoms with Crippen LogP contribution in [-0.2, 0) is 6.54 Å². The lowest BCUT2D eigenvalue weighted by Gasteiger charge is -2.16. The fourth-order valence-electron chi connectivity index (χ4n) is 2.81. The van der Waals surface area contributed by atoms with Crippen LogP contribution >= 0.6 is 0 Å². The molecule has 3 nitrogen and oxygen atoms in total. The van der Waals surface area contributed by atoms with Crippen molar-refractivity contribution in [3.63, 3.8) is 0 Å². The third-order valence-electron chi connectivity index (χ3n) is 4.06. The molecule has 2 heterocycles. The second-order valence-electron chi connectivity index (χ2n) is 5.53. The topological polar surface area (TPSA) is 29.3 Å². The van der Waals surface area contributed by atoms with Crippen LogP contribution in [0.1, 0.15) is 35.5 Å². The molecule has 1 unspecified atom stereocenters. The number of rotatable bonds is 4. The van der Waals surface area contributed by atoms with Gasteiger partial charge in [-0.2, -0.15) is 0 Å². The predicted octanol–water partition coefficient (Wildman–Crippen LogP) is 3.80. The predicted molar refractivity (Wildman–Crippen MR) is 86.4 cm³/mol. The summed E-state index contributed by atoms with van der Waals surface area (Å²) in [5.41, 5.74) is 6.00. The second-order valence-corrected chi connectivity index (χ2v) is 5.53. The number of fused-ring (bicyclic) bond motifs is 1. The molecule has 1 N–H and O–H groups in total. The lowest BCUT2D eigenvalue weighted by atomic mass is 10.0. The van der Waals surface area contributed by atoms with Gasteiger partial charge in [0.05, 0.1) is 11.4 Å². The van der Waals surface area contributed by atoms with E-state index in [0.717, 1.165) is 17.9 Å². The average molecular weight is 279 g/mol. The highest BCUT2D eigenvalue weighted by Gasteiger charge is 2.11. The van der Waals surface area contributed by atoms with Gasteiger partial charge in [0.25, 0.3) is 0 Å². The van der Waals surface area contributed by atoms with Gasteiger partial charge in [0.1, 0.15) is 5.65 Å². The summed E-state index contributed by atoms with van der Waals surface area (Å²) in [4.78, 5) is 4.60. The van der Waals surface area contributed by atoms with E-state index < -0.39 is 0 Å². The van der Waals surface area contributed by atoms with Gasteiger partial charge in [-0.3, -0.25) is 0 Å². The average Bonchev–Trinajstić information content (AvgIpc) is 2.81. The van der Waals surface area contributed by atoms with E-state index in [-0.39, 0.29) is 0 Å². The van der Waals surface area contributed by atoms with Gasteiger partial charge in [-0.1, -0.05) is 30.3 Å². The molecule has 3 heteroatoms. The van der Waals surface area contributed by atoms with Crippen molar-refractivity contribution in [3.05, 3.63) is 71.2 Å². The number of hydrogen-bond donors (Lipinski definition) is 1. The van der Waals surface area contributed by atoms with E-state index in [0.29, 0.717) is 6.04 Å². The summed E-state index contributed by atoms with van der Waals surface area (Å²) < 4.78 is 2.16. The maximum Gasteiger partial charge on any atom is 0.137 e. The Balaban J connectivity index is 1.81. The Labute approximate surface area is 125 Å². The molecular formula is C18H21N3. The maximum absolute atomic E-state index is 4.60. The molecule has 0 spiro atoms.